The number of amides is 1. The van der Waals surface area contributed by atoms with Crippen molar-refractivity contribution in [2.45, 2.75) is 64.2 Å². The number of hydrogen-bond donors (Lipinski definition) is 1. The molecule has 4 heteroatoms. The van der Waals surface area contributed by atoms with Crippen LogP contribution in [0.25, 0.3) is 11.0 Å². The third kappa shape index (κ3) is 2.25. The van der Waals surface area contributed by atoms with Gasteiger partial charge in [0.25, 0.3) is 0 Å². The van der Waals surface area contributed by atoms with Gasteiger partial charge in [-0.2, -0.15) is 0 Å². The number of fused-ring (bicyclic) bond motifs is 6. The van der Waals surface area contributed by atoms with Crippen LogP contribution < -0.4 is 5.32 Å². The minimum Gasteiger partial charge on any atom is -0.325 e. The molecule has 2 aliphatic carbocycles. The quantitative estimate of drug-likeness (QED) is 0.613. The standard InChI is InChI=1S/C26H29N3O/c1-16(2)17-10-12-18(13-11-17)27-23(30)26-15-14-25(5,24(26,3)4)21-22(26)29-20-9-7-6-8-19(20)28-21/h6-13,16H,14-15H2,1-5H3,(H,27,30). The van der Waals surface area contributed by atoms with Gasteiger partial charge in [0, 0.05) is 11.1 Å². The Morgan fingerprint density at radius 2 is 1.50 bits per heavy atom. The molecule has 30 heavy (non-hydrogen) atoms. The molecule has 154 valence electrons. The molecule has 5 rings (SSSR count). The number of nitrogens with zero attached hydrogens (tertiary/aromatic N) is 2. The molecule has 2 unspecified atom stereocenters. The summed E-state index contributed by atoms with van der Waals surface area (Å²) in [5, 5.41) is 3.22. The van der Waals surface area contributed by atoms with Crippen LogP contribution in [-0.4, -0.2) is 15.9 Å². The Balaban J connectivity index is 1.62. The summed E-state index contributed by atoms with van der Waals surface area (Å²) in [5.41, 5.74) is 4.62. The second kappa shape index (κ2) is 6.13. The molecule has 1 saturated carbocycles. The molecule has 2 aliphatic rings. The number of para-hydroxylation sites is 2. The molecular weight excluding hydrogens is 370 g/mol. The maximum atomic E-state index is 13.9. The van der Waals surface area contributed by atoms with Crippen LogP contribution in [0.1, 0.15) is 70.3 Å². The van der Waals surface area contributed by atoms with Gasteiger partial charge in [0.1, 0.15) is 0 Å². The van der Waals surface area contributed by atoms with Gasteiger partial charge in [-0.05, 0) is 54.0 Å². The molecule has 0 spiro atoms. The molecule has 3 aromatic rings. The molecule has 2 aromatic carbocycles. The predicted octanol–water partition coefficient (Wildman–Crippen LogP) is 5.72. The molecule has 0 saturated heterocycles. The number of carbonyl (C=O) groups is 1. The Labute approximate surface area is 178 Å². The van der Waals surface area contributed by atoms with Crippen LogP contribution in [0.5, 0.6) is 0 Å². The van der Waals surface area contributed by atoms with Crippen molar-refractivity contribution in [3.63, 3.8) is 0 Å². The summed E-state index contributed by atoms with van der Waals surface area (Å²) in [6, 6.07) is 16.2. The first-order valence-electron chi connectivity index (χ1n) is 10.9. The van der Waals surface area contributed by atoms with Crippen LogP contribution in [0.4, 0.5) is 5.69 Å². The van der Waals surface area contributed by atoms with Crippen LogP contribution in [0.3, 0.4) is 0 Å². The van der Waals surface area contributed by atoms with Gasteiger partial charge >= 0.3 is 0 Å². The minimum atomic E-state index is -0.676. The summed E-state index contributed by atoms with van der Waals surface area (Å²) in [6.45, 7) is 11.0. The Bertz CT molecular complexity index is 1160. The van der Waals surface area contributed by atoms with Gasteiger partial charge in [0.15, 0.2) is 0 Å². The Morgan fingerprint density at radius 1 is 0.900 bits per heavy atom. The summed E-state index contributed by atoms with van der Waals surface area (Å²) >= 11 is 0. The Hall–Kier alpha value is -2.75. The highest BCUT2D eigenvalue weighted by molar-refractivity contribution is 6.02. The summed E-state index contributed by atoms with van der Waals surface area (Å²) in [5.74, 6) is 0.505. The molecule has 0 aliphatic heterocycles. The lowest BCUT2D eigenvalue weighted by molar-refractivity contribution is -0.125. The zero-order valence-corrected chi connectivity index (χ0v) is 18.4. The van der Waals surface area contributed by atoms with E-state index >= 15 is 0 Å². The SMILES string of the molecule is CC(C)c1ccc(NC(=O)C23CCC(C)(c4nc5ccccc5nc42)C3(C)C)cc1. The highest BCUT2D eigenvalue weighted by Crippen LogP contribution is 2.70. The van der Waals surface area contributed by atoms with Gasteiger partial charge in [-0.15, -0.1) is 0 Å². The molecular formula is C26H29N3O. The van der Waals surface area contributed by atoms with E-state index in [0.717, 1.165) is 41.0 Å². The smallest absolute Gasteiger partial charge is 0.237 e. The maximum absolute atomic E-state index is 13.9. The second-order valence-electron chi connectivity index (χ2n) is 10.0. The van der Waals surface area contributed by atoms with E-state index in [1.807, 2.05) is 36.4 Å². The number of nitrogens with one attached hydrogen (secondary N) is 1. The summed E-state index contributed by atoms with van der Waals surface area (Å²) in [4.78, 5) is 23.9. The van der Waals surface area contributed by atoms with Gasteiger partial charge in [0.2, 0.25) is 5.91 Å². The van der Waals surface area contributed by atoms with Crippen molar-refractivity contribution < 1.29 is 4.79 Å². The third-order valence-corrected chi connectivity index (χ3v) is 8.17. The fourth-order valence-electron chi connectivity index (χ4n) is 5.74. The van der Waals surface area contributed by atoms with E-state index in [1.165, 1.54) is 5.56 Å². The Kier molecular flexibility index (Phi) is 3.93. The summed E-state index contributed by atoms with van der Waals surface area (Å²) < 4.78 is 0. The molecule has 4 nitrogen and oxygen atoms in total. The highest BCUT2D eigenvalue weighted by Gasteiger charge is 2.73. The number of hydrogen-bond acceptors (Lipinski definition) is 3. The van der Waals surface area contributed by atoms with Gasteiger partial charge < -0.3 is 5.32 Å². The van der Waals surface area contributed by atoms with E-state index < -0.39 is 5.41 Å². The fraction of sp³-hybridized carbons (Fsp3) is 0.423. The van der Waals surface area contributed by atoms with E-state index in [2.05, 4.69) is 52.1 Å². The van der Waals surface area contributed by atoms with E-state index in [9.17, 15) is 4.79 Å². The van der Waals surface area contributed by atoms with Crippen LogP contribution in [0, 0.1) is 5.41 Å². The van der Waals surface area contributed by atoms with Crippen LogP contribution in [0.15, 0.2) is 48.5 Å². The lowest BCUT2D eigenvalue weighted by atomic mass is 9.63. The van der Waals surface area contributed by atoms with Crippen molar-refractivity contribution >= 4 is 22.6 Å². The molecule has 2 atom stereocenters. The van der Waals surface area contributed by atoms with Crippen molar-refractivity contribution in [3.8, 4) is 0 Å². The van der Waals surface area contributed by atoms with Crippen molar-refractivity contribution in [1.29, 1.82) is 0 Å². The largest absolute Gasteiger partial charge is 0.325 e. The van der Waals surface area contributed by atoms with E-state index in [0.29, 0.717) is 5.92 Å². The molecule has 1 amide bonds. The van der Waals surface area contributed by atoms with Gasteiger partial charge in [-0.3, -0.25) is 4.79 Å². The van der Waals surface area contributed by atoms with Crippen molar-refractivity contribution in [2.75, 3.05) is 5.32 Å². The van der Waals surface area contributed by atoms with Gasteiger partial charge in [-0.1, -0.05) is 58.9 Å². The van der Waals surface area contributed by atoms with Crippen molar-refractivity contribution in [3.05, 3.63) is 65.5 Å². The first kappa shape index (κ1) is 19.2. The molecule has 1 aromatic heterocycles. The topological polar surface area (TPSA) is 54.9 Å². The van der Waals surface area contributed by atoms with E-state index in [4.69, 9.17) is 9.97 Å². The molecule has 2 bridgehead atoms. The fourth-order valence-corrected chi connectivity index (χ4v) is 5.74. The number of anilines is 1. The van der Waals surface area contributed by atoms with Crippen LogP contribution >= 0.6 is 0 Å². The first-order valence-corrected chi connectivity index (χ1v) is 10.9. The average molecular weight is 400 g/mol. The predicted molar refractivity (Wildman–Crippen MR) is 121 cm³/mol. The molecule has 1 N–H and O–H groups in total. The van der Waals surface area contributed by atoms with E-state index in [-0.39, 0.29) is 16.7 Å². The summed E-state index contributed by atoms with van der Waals surface area (Å²) in [6.07, 6.45) is 1.74. The Morgan fingerprint density at radius 3 is 2.10 bits per heavy atom. The first-order chi connectivity index (χ1) is 14.2. The van der Waals surface area contributed by atoms with Crippen LogP contribution in [0.2, 0.25) is 0 Å². The molecule has 1 fully saturated rings. The molecule has 1 heterocycles. The number of rotatable bonds is 3. The van der Waals surface area contributed by atoms with Crippen molar-refractivity contribution in [1.82, 2.24) is 9.97 Å². The molecule has 0 radical (unpaired) electrons. The highest BCUT2D eigenvalue weighted by atomic mass is 16.2. The number of aromatic nitrogens is 2. The van der Waals surface area contributed by atoms with Crippen molar-refractivity contribution in [2.24, 2.45) is 5.41 Å². The zero-order valence-electron chi connectivity index (χ0n) is 18.4. The van der Waals surface area contributed by atoms with Gasteiger partial charge in [0.05, 0.1) is 27.8 Å². The average Bonchev–Trinajstić information content (AvgIpc) is 3.02. The lowest BCUT2D eigenvalue weighted by Crippen LogP contribution is -2.48. The monoisotopic (exact) mass is 399 g/mol. The number of benzene rings is 2. The minimum absolute atomic E-state index is 0.0388. The normalized spacial score (nSPS) is 26.2. The second-order valence-corrected chi connectivity index (χ2v) is 10.0. The van der Waals surface area contributed by atoms with Crippen LogP contribution in [-0.2, 0) is 15.6 Å². The van der Waals surface area contributed by atoms with E-state index in [1.54, 1.807) is 0 Å². The number of carbonyl (C=O) groups excluding carboxylic acids is 1. The third-order valence-electron chi connectivity index (χ3n) is 8.17. The summed E-state index contributed by atoms with van der Waals surface area (Å²) in [7, 11) is 0. The lowest BCUT2D eigenvalue weighted by Gasteiger charge is -2.39. The zero-order chi connectivity index (χ0) is 21.3. The van der Waals surface area contributed by atoms with Gasteiger partial charge in [-0.25, -0.2) is 9.97 Å². The maximum Gasteiger partial charge on any atom is 0.237 e.